The molecule has 1 aliphatic heterocycles. The Balaban J connectivity index is 1.57. The van der Waals surface area contributed by atoms with Crippen LogP contribution in [0.2, 0.25) is 0 Å². The van der Waals surface area contributed by atoms with Crippen LogP contribution in [-0.2, 0) is 22.1 Å². The van der Waals surface area contributed by atoms with Crippen molar-refractivity contribution in [2.24, 2.45) is 0 Å². The van der Waals surface area contributed by atoms with Crippen LogP contribution in [-0.4, -0.2) is 56.2 Å². The number of nitrogens with zero attached hydrogens (tertiary/aromatic N) is 2. The normalized spacial score (nSPS) is 14.2. The highest BCUT2D eigenvalue weighted by atomic mass is 32.2. The highest BCUT2D eigenvalue weighted by Gasteiger charge is 2.25. The lowest BCUT2D eigenvalue weighted by Crippen LogP contribution is -2.51. The van der Waals surface area contributed by atoms with E-state index in [4.69, 9.17) is 0 Å². The van der Waals surface area contributed by atoms with Gasteiger partial charge in [-0.05, 0) is 48.4 Å². The first kappa shape index (κ1) is 20.8. The van der Waals surface area contributed by atoms with E-state index in [1.165, 1.54) is 12.1 Å². The summed E-state index contributed by atoms with van der Waals surface area (Å²) in [5.41, 5.74) is 2.32. The lowest BCUT2D eigenvalue weighted by atomic mass is 10.1. The van der Waals surface area contributed by atoms with E-state index < -0.39 is 10.9 Å². The van der Waals surface area contributed by atoms with E-state index in [2.05, 4.69) is 4.72 Å². The lowest BCUT2D eigenvalue weighted by molar-refractivity contribution is -0.131. The molecule has 0 bridgehead atoms. The summed E-state index contributed by atoms with van der Waals surface area (Å²) >= 11 is 0. The van der Waals surface area contributed by atoms with Gasteiger partial charge in [-0.1, -0.05) is 12.1 Å². The third-order valence-electron chi connectivity index (χ3n) is 4.87. The molecule has 7 nitrogen and oxygen atoms in total. The van der Waals surface area contributed by atoms with Crippen molar-refractivity contribution in [2.75, 3.05) is 30.9 Å². The Labute approximate surface area is 170 Å². The molecule has 1 fully saturated rings. The van der Waals surface area contributed by atoms with Gasteiger partial charge in [0, 0.05) is 31.7 Å². The van der Waals surface area contributed by atoms with E-state index in [1.54, 1.807) is 47.1 Å². The largest absolute Gasteiger partial charge is 0.339 e. The maximum absolute atomic E-state index is 13.0. The topological polar surface area (TPSA) is 86.8 Å². The molecule has 1 N–H and O–H groups in total. The molecule has 2 aromatic carbocycles. The molecule has 1 aliphatic rings. The standard InChI is InChI=1S/C20H22FN3O4S/c1-14-12-16(4-7-18(14)22-29(27)28)20(26)24-10-8-23(9-11-24)19(25)13-15-2-5-17(21)6-3-15/h2-7,12,29H,8-11,13H2,1H3,(H,22,27,28). The molecule has 0 saturated carbocycles. The zero-order valence-corrected chi connectivity index (χ0v) is 16.8. The maximum atomic E-state index is 13.0. The number of rotatable bonds is 5. The van der Waals surface area contributed by atoms with Crippen LogP contribution in [0, 0.1) is 12.7 Å². The first-order valence-electron chi connectivity index (χ1n) is 9.16. The summed E-state index contributed by atoms with van der Waals surface area (Å²) in [6.07, 6.45) is 0.198. The molecule has 0 unspecified atom stereocenters. The Morgan fingerprint density at radius 3 is 2.21 bits per heavy atom. The summed E-state index contributed by atoms with van der Waals surface area (Å²) in [5, 5.41) is 0. The fraction of sp³-hybridized carbons (Fsp3) is 0.300. The number of hydrogen-bond donors (Lipinski definition) is 2. The third kappa shape index (κ3) is 5.32. The van der Waals surface area contributed by atoms with Crippen LogP contribution in [0.3, 0.4) is 0 Å². The Morgan fingerprint density at radius 1 is 1.00 bits per heavy atom. The summed E-state index contributed by atoms with van der Waals surface area (Å²) < 4.78 is 36.9. The van der Waals surface area contributed by atoms with E-state index in [1.807, 2.05) is 0 Å². The minimum Gasteiger partial charge on any atom is -0.339 e. The molecule has 154 valence electrons. The van der Waals surface area contributed by atoms with Crippen molar-refractivity contribution in [3.63, 3.8) is 0 Å². The third-order valence-corrected chi connectivity index (χ3v) is 5.30. The van der Waals surface area contributed by atoms with Gasteiger partial charge in [-0.3, -0.25) is 14.3 Å². The number of carbonyl (C=O) groups is 2. The first-order valence-corrected chi connectivity index (χ1v) is 10.3. The van der Waals surface area contributed by atoms with Crippen LogP contribution in [0.1, 0.15) is 21.5 Å². The van der Waals surface area contributed by atoms with Gasteiger partial charge in [0.25, 0.3) is 5.91 Å². The second-order valence-corrected chi connectivity index (χ2v) is 7.61. The summed E-state index contributed by atoms with van der Waals surface area (Å²) in [6.45, 7) is 3.42. The fourth-order valence-corrected chi connectivity index (χ4v) is 3.70. The smallest absolute Gasteiger partial charge is 0.253 e. The molecule has 1 heterocycles. The predicted molar refractivity (Wildman–Crippen MR) is 108 cm³/mol. The number of carbonyl (C=O) groups excluding carboxylic acids is 2. The number of aryl methyl sites for hydroxylation is 1. The van der Waals surface area contributed by atoms with Crippen molar-refractivity contribution in [3.8, 4) is 0 Å². The van der Waals surface area contributed by atoms with Crippen molar-refractivity contribution in [1.29, 1.82) is 0 Å². The SMILES string of the molecule is Cc1cc(C(=O)N2CCN(C(=O)Cc3ccc(F)cc3)CC2)ccc1N[SH](=O)=O. The monoisotopic (exact) mass is 419 g/mol. The van der Waals surface area contributed by atoms with E-state index in [0.717, 1.165) is 5.56 Å². The lowest BCUT2D eigenvalue weighted by Gasteiger charge is -2.35. The van der Waals surface area contributed by atoms with E-state index >= 15 is 0 Å². The van der Waals surface area contributed by atoms with Gasteiger partial charge >= 0.3 is 0 Å². The first-order chi connectivity index (χ1) is 13.8. The average Bonchev–Trinajstić information content (AvgIpc) is 2.70. The summed E-state index contributed by atoms with van der Waals surface area (Å²) in [7, 11) is -2.76. The van der Waals surface area contributed by atoms with Crippen molar-refractivity contribution < 1.29 is 22.4 Å². The number of halogens is 1. The van der Waals surface area contributed by atoms with Crippen LogP contribution in [0.25, 0.3) is 0 Å². The second kappa shape index (κ2) is 9.04. The zero-order valence-electron chi connectivity index (χ0n) is 15.9. The van der Waals surface area contributed by atoms with Gasteiger partial charge in [0.15, 0.2) is 0 Å². The summed E-state index contributed by atoms with van der Waals surface area (Å²) in [4.78, 5) is 28.6. The number of hydrogen-bond acceptors (Lipinski definition) is 4. The number of piperazine rings is 1. The van der Waals surface area contributed by atoms with Crippen molar-refractivity contribution in [2.45, 2.75) is 13.3 Å². The molecule has 0 radical (unpaired) electrons. The van der Waals surface area contributed by atoms with E-state index in [9.17, 15) is 22.4 Å². The molecule has 9 heteroatoms. The Kier molecular flexibility index (Phi) is 6.48. The molecule has 0 atom stereocenters. The highest BCUT2D eigenvalue weighted by Crippen LogP contribution is 2.18. The quantitative estimate of drug-likeness (QED) is 0.721. The van der Waals surface area contributed by atoms with Crippen LogP contribution in [0.15, 0.2) is 42.5 Å². The van der Waals surface area contributed by atoms with Crippen molar-refractivity contribution >= 4 is 28.4 Å². The summed E-state index contributed by atoms with van der Waals surface area (Å²) in [5.74, 6) is -0.548. The van der Waals surface area contributed by atoms with Crippen LogP contribution in [0.5, 0.6) is 0 Å². The average molecular weight is 419 g/mol. The van der Waals surface area contributed by atoms with Gasteiger partial charge in [-0.2, -0.15) is 0 Å². The number of benzene rings is 2. The molecule has 2 amide bonds. The van der Waals surface area contributed by atoms with Gasteiger partial charge in [0.05, 0.1) is 12.1 Å². The second-order valence-electron chi connectivity index (χ2n) is 6.87. The molecule has 1 saturated heterocycles. The zero-order chi connectivity index (χ0) is 21.0. The molecule has 29 heavy (non-hydrogen) atoms. The van der Waals surface area contributed by atoms with E-state index in [0.29, 0.717) is 43.0 Å². The van der Waals surface area contributed by atoms with Gasteiger partial charge in [0.1, 0.15) is 5.82 Å². The Morgan fingerprint density at radius 2 is 1.62 bits per heavy atom. The van der Waals surface area contributed by atoms with Gasteiger partial charge in [0.2, 0.25) is 16.8 Å². The van der Waals surface area contributed by atoms with Crippen LogP contribution in [0.4, 0.5) is 10.1 Å². The fourth-order valence-electron chi connectivity index (χ4n) is 3.25. The van der Waals surface area contributed by atoms with Crippen LogP contribution >= 0.6 is 0 Å². The Bertz CT molecular complexity index is 976. The maximum Gasteiger partial charge on any atom is 0.253 e. The molecule has 0 spiro atoms. The molecular weight excluding hydrogens is 397 g/mol. The molecule has 0 aromatic heterocycles. The van der Waals surface area contributed by atoms with Crippen LogP contribution < -0.4 is 4.72 Å². The number of thiol groups is 1. The molecule has 0 aliphatic carbocycles. The highest BCUT2D eigenvalue weighted by molar-refractivity contribution is 7.73. The molecule has 2 aromatic rings. The van der Waals surface area contributed by atoms with Gasteiger partial charge in [-0.25, -0.2) is 12.8 Å². The summed E-state index contributed by atoms with van der Waals surface area (Å²) in [6, 6.07) is 10.6. The van der Waals surface area contributed by atoms with Crippen molar-refractivity contribution in [1.82, 2.24) is 9.80 Å². The predicted octanol–water partition coefficient (Wildman–Crippen LogP) is 1.60. The van der Waals surface area contributed by atoms with Crippen molar-refractivity contribution in [3.05, 3.63) is 65.0 Å². The van der Waals surface area contributed by atoms with E-state index in [-0.39, 0.29) is 24.1 Å². The number of nitrogens with one attached hydrogen (secondary N) is 1. The number of anilines is 1. The molecular formula is C20H22FN3O4S. The minimum atomic E-state index is -2.76. The van der Waals surface area contributed by atoms with Gasteiger partial charge in [-0.15, -0.1) is 0 Å². The van der Waals surface area contributed by atoms with Gasteiger partial charge < -0.3 is 9.80 Å². The Hall–Kier alpha value is -2.94. The number of amides is 2. The minimum absolute atomic E-state index is 0.0540. The molecule has 3 rings (SSSR count).